The lowest BCUT2D eigenvalue weighted by Crippen LogP contribution is -2.29. The van der Waals surface area contributed by atoms with Crippen LogP contribution in [-0.2, 0) is 23.0 Å². The number of sulfonamides is 1. The SMILES string of the molecule is CCOc1cc2c(cc1CNC(=O)c1cc(S(=O)(=O)N3CCCC3)ccc1C)OC(C)C2. The first kappa shape index (κ1) is 22.6. The van der Waals surface area contributed by atoms with Crippen LogP contribution >= 0.6 is 0 Å². The number of nitrogens with zero attached hydrogens (tertiary/aromatic N) is 1. The Morgan fingerprint density at radius 1 is 1.22 bits per heavy atom. The van der Waals surface area contributed by atoms with Crippen LogP contribution in [0.15, 0.2) is 35.2 Å². The van der Waals surface area contributed by atoms with Crippen molar-refractivity contribution in [3.8, 4) is 11.5 Å². The molecule has 2 heterocycles. The average Bonchev–Trinajstić information content (AvgIpc) is 3.41. The first-order valence-corrected chi connectivity index (χ1v) is 12.6. The number of carbonyl (C=O) groups is 1. The molecule has 0 saturated carbocycles. The molecule has 0 aromatic heterocycles. The van der Waals surface area contributed by atoms with Gasteiger partial charge in [0.05, 0.1) is 11.5 Å². The smallest absolute Gasteiger partial charge is 0.251 e. The van der Waals surface area contributed by atoms with Crippen LogP contribution in [0, 0.1) is 6.92 Å². The summed E-state index contributed by atoms with van der Waals surface area (Å²) in [5.74, 6) is 1.23. The number of fused-ring (bicyclic) bond motifs is 1. The van der Waals surface area contributed by atoms with E-state index in [0.29, 0.717) is 25.3 Å². The topological polar surface area (TPSA) is 84.9 Å². The summed E-state index contributed by atoms with van der Waals surface area (Å²) >= 11 is 0. The first-order chi connectivity index (χ1) is 15.3. The van der Waals surface area contributed by atoms with Gasteiger partial charge in [0.2, 0.25) is 10.0 Å². The molecule has 0 bridgehead atoms. The molecule has 2 aliphatic heterocycles. The van der Waals surface area contributed by atoms with Crippen molar-refractivity contribution in [3.63, 3.8) is 0 Å². The van der Waals surface area contributed by atoms with Gasteiger partial charge in [-0.2, -0.15) is 4.31 Å². The van der Waals surface area contributed by atoms with Crippen molar-refractivity contribution in [2.24, 2.45) is 0 Å². The van der Waals surface area contributed by atoms with Crippen molar-refractivity contribution in [2.45, 2.75) is 57.6 Å². The van der Waals surface area contributed by atoms with E-state index in [1.807, 2.05) is 26.0 Å². The Balaban J connectivity index is 1.54. The molecule has 1 N–H and O–H groups in total. The van der Waals surface area contributed by atoms with Gasteiger partial charge in [-0.3, -0.25) is 4.79 Å². The van der Waals surface area contributed by atoms with Crippen LogP contribution in [0.3, 0.4) is 0 Å². The summed E-state index contributed by atoms with van der Waals surface area (Å²) in [5, 5.41) is 2.92. The van der Waals surface area contributed by atoms with Crippen molar-refractivity contribution >= 4 is 15.9 Å². The van der Waals surface area contributed by atoms with Gasteiger partial charge < -0.3 is 14.8 Å². The second kappa shape index (κ2) is 9.11. The number of benzene rings is 2. The second-order valence-corrected chi connectivity index (χ2v) is 10.3. The van der Waals surface area contributed by atoms with Gasteiger partial charge in [-0.1, -0.05) is 6.07 Å². The predicted molar refractivity (Wildman–Crippen MR) is 122 cm³/mol. The monoisotopic (exact) mass is 458 g/mol. The Morgan fingerprint density at radius 2 is 1.97 bits per heavy atom. The highest BCUT2D eigenvalue weighted by Gasteiger charge is 2.28. The third kappa shape index (κ3) is 4.47. The number of rotatable bonds is 7. The fourth-order valence-corrected chi connectivity index (χ4v) is 5.81. The fourth-order valence-electron chi connectivity index (χ4n) is 4.26. The predicted octanol–water partition coefficient (Wildman–Crippen LogP) is 3.43. The van der Waals surface area contributed by atoms with E-state index in [-0.39, 0.29) is 23.5 Å². The Kier molecular flexibility index (Phi) is 6.44. The van der Waals surface area contributed by atoms with Gasteiger partial charge in [0.15, 0.2) is 0 Å². The highest BCUT2D eigenvalue weighted by molar-refractivity contribution is 7.89. The first-order valence-electron chi connectivity index (χ1n) is 11.1. The number of aryl methyl sites for hydroxylation is 1. The molecule has 7 nitrogen and oxygen atoms in total. The molecule has 172 valence electrons. The third-order valence-electron chi connectivity index (χ3n) is 5.97. The third-order valence-corrected chi connectivity index (χ3v) is 7.87. The van der Waals surface area contributed by atoms with E-state index >= 15 is 0 Å². The van der Waals surface area contributed by atoms with Crippen molar-refractivity contribution in [1.29, 1.82) is 0 Å². The highest BCUT2D eigenvalue weighted by atomic mass is 32.2. The van der Waals surface area contributed by atoms with Crippen LogP contribution in [-0.4, -0.2) is 44.4 Å². The maximum Gasteiger partial charge on any atom is 0.251 e. The van der Waals surface area contributed by atoms with E-state index in [0.717, 1.165) is 47.5 Å². The van der Waals surface area contributed by atoms with Gasteiger partial charge in [0.1, 0.15) is 17.6 Å². The molecule has 4 rings (SSSR count). The Labute approximate surface area is 189 Å². The van der Waals surface area contributed by atoms with Crippen molar-refractivity contribution in [1.82, 2.24) is 9.62 Å². The van der Waals surface area contributed by atoms with Crippen LogP contribution in [0.5, 0.6) is 11.5 Å². The molecule has 0 aliphatic carbocycles. The molecule has 2 aliphatic rings. The zero-order valence-corrected chi connectivity index (χ0v) is 19.6. The highest BCUT2D eigenvalue weighted by Crippen LogP contribution is 2.35. The molecule has 1 unspecified atom stereocenters. The Bertz CT molecular complexity index is 1120. The molecule has 1 saturated heterocycles. The molecule has 1 atom stereocenters. The molecule has 2 aromatic rings. The van der Waals surface area contributed by atoms with E-state index in [1.54, 1.807) is 19.1 Å². The van der Waals surface area contributed by atoms with Crippen LogP contribution in [0.1, 0.15) is 53.7 Å². The van der Waals surface area contributed by atoms with Gasteiger partial charge in [-0.05, 0) is 63.4 Å². The average molecular weight is 459 g/mol. The summed E-state index contributed by atoms with van der Waals surface area (Å²) in [6, 6.07) is 8.65. The minimum atomic E-state index is -3.59. The fraction of sp³-hybridized carbons (Fsp3) is 0.458. The van der Waals surface area contributed by atoms with Gasteiger partial charge in [-0.25, -0.2) is 8.42 Å². The van der Waals surface area contributed by atoms with Crippen LogP contribution in [0.25, 0.3) is 0 Å². The maximum absolute atomic E-state index is 13.0. The lowest BCUT2D eigenvalue weighted by molar-refractivity contribution is 0.0949. The standard InChI is InChI=1S/C24H30N2O5S/c1-4-30-22-12-18-11-17(3)31-23(18)13-19(22)15-25-24(27)21-14-20(8-7-16(21)2)32(28,29)26-9-5-6-10-26/h7-8,12-14,17H,4-6,9-11,15H2,1-3H3,(H,25,27). The van der Waals surface area contributed by atoms with Gasteiger partial charge in [0, 0.05) is 42.7 Å². The molecule has 32 heavy (non-hydrogen) atoms. The summed E-state index contributed by atoms with van der Waals surface area (Å²) < 4.78 is 39.0. The lowest BCUT2D eigenvalue weighted by atomic mass is 10.1. The van der Waals surface area contributed by atoms with E-state index in [9.17, 15) is 13.2 Å². The normalized spacial score (nSPS) is 18.3. The van der Waals surface area contributed by atoms with Crippen molar-refractivity contribution in [3.05, 3.63) is 52.6 Å². The number of amides is 1. The largest absolute Gasteiger partial charge is 0.494 e. The molecule has 1 amide bonds. The molecule has 1 fully saturated rings. The van der Waals surface area contributed by atoms with Crippen molar-refractivity contribution < 1.29 is 22.7 Å². The Morgan fingerprint density at radius 3 is 2.69 bits per heavy atom. The second-order valence-electron chi connectivity index (χ2n) is 8.40. The van der Waals surface area contributed by atoms with Crippen LogP contribution in [0.2, 0.25) is 0 Å². The molecule has 0 spiro atoms. The van der Waals surface area contributed by atoms with Gasteiger partial charge in [-0.15, -0.1) is 0 Å². The molecule has 2 aromatic carbocycles. The number of nitrogens with one attached hydrogen (secondary N) is 1. The van der Waals surface area contributed by atoms with E-state index < -0.39 is 10.0 Å². The van der Waals surface area contributed by atoms with Crippen LogP contribution in [0.4, 0.5) is 0 Å². The van der Waals surface area contributed by atoms with Crippen molar-refractivity contribution in [2.75, 3.05) is 19.7 Å². The lowest BCUT2D eigenvalue weighted by Gasteiger charge is -2.17. The number of hydrogen-bond acceptors (Lipinski definition) is 5. The molecule has 8 heteroatoms. The van der Waals surface area contributed by atoms with Gasteiger partial charge in [0.25, 0.3) is 5.91 Å². The van der Waals surface area contributed by atoms with Crippen LogP contribution < -0.4 is 14.8 Å². The number of carbonyl (C=O) groups excluding carboxylic acids is 1. The zero-order valence-electron chi connectivity index (χ0n) is 18.8. The summed E-state index contributed by atoms with van der Waals surface area (Å²) in [4.78, 5) is 13.2. The quantitative estimate of drug-likeness (QED) is 0.687. The summed E-state index contributed by atoms with van der Waals surface area (Å²) in [5.41, 5.74) is 3.01. The number of ether oxygens (including phenoxy) is 2. The maximum atomic E-state index is 13.0. The molecular formula is C24H30N2O5S. The summed E-state index contributed by atoms with van der Waals surface area (Å²) in [7, 11) is -3.59. The number of hydrogen-bond donors (Lipinski definition) is 1. The molecule has 0 radical (unpaired) electrons. The van der Waals surface area contributed by atoms with E-state index in [4.69, 9.17) is 9.47 Å². The Hall–Kier alpha value is -2.58. The summed E-state index contributed by atoms with van der Waals surface area (Å²) in [6.07, 6.45) is 2.68. The minimum absolute atomic E-state index is 0.118. The minimum Gasteiger partial charge on any atom is -0.494 e. The van der Waals surface area contributed by atoms with E-state index in [2.05, 4.69) is 5.32 Å². The van der Waals surface area contributed by atoms with E-state index in [1.165, 1.54) is 10.4 Å². The van der Waals surface area contributed by atoms with Gasteiger partial charge >= 0.3 is 0 Å². The summed E-state index contributed by atoms with van der Waals surface area (Å²) in [6.45, 7) is 7.57. The zero-order chi connectivity index (χ0) is 22.9. The molecular weight excluding hydrogens is 428 g/mol.